The van der Waals surface area contributed by atoms with Gasteiger partial charge in [0.15, 0.2) is 0 Å². The van der Waals surface area contributed by atoms with E-state index in [0.29, 0.717) is 30.3 Å². The second kappa shape index (κ2) is 9.08. The first-order valence-corrected chi connectivity index (χ1v) is 7.07. The second-order valence-corrected chi connectivity index (χ2v) is 4.68. The predicted octanol–water partition coefficient (Wildman–Crippen LogP) is 4.09. The molecule has 1 aromatic carbocycles. The summed E-state index contributed by atoms with van der Waals surface area (Å²) >= 11 is 5.60. The van der Waals surface area contributed by atoms with Crippen LogP contribution in [0.2, 0.25) is 0 Å². The maximum atomic E-state index is 10.6. The SMILES string of the molecule is CCCOc1ccc(/C=C/C(=O)O)c(OC/C(C)=C/Cl)c1. The van der Waals surface area contributed by atoms with Crippen molar-refractivity contribution < 1.29 is 19.4 Å². The number of ether oxygens (including phenoxy) is 2. The minimum absolute atomic E-state index is 0.328. The fraction of sp³-hybridized carbons (Fsp3) is 0.312. The highest BCUT2D eigenvalue weighted by Crippen LogP contribution is 2.27. The highest BCUT2D eigenvalue weighted by molar-refractivity contribution is 6.25. The van der Waals surface area contributed by atoms with Crippen molar-refractivity contribution in [1.29, 1.82) is 0 Å². The molecule has 0 unspecified atom stereocenters. The molecule has 0 atom stereocenters. The van der Waals surface area contributed by atoms with E-state index >= 15 is 0 Å². The number of aliphatic carboxylic acids is 1. The summed E-state index contributed by atoms with van der Waals surface area (Å²) in [5.74, 6) is 0.231. The Hall–Kier alpha value is -1.94. The zero-order chi connectivity index (χ0) is 15.7. The smallest absolute Gasteiger partial charge is 0.328 e. The molecule has 0 aromatic heterocycles. The maximum Gasteiger partial charge on any atom is 0.328 e. The van der Waals surface area contributed by atoms with Crippen LogP contribution >= 0.6 is 11.6 Å². The highest BCUT2D eigenvalue weighted by Gasteiger charge is 2.05. The third-order valence-electron chi connectivity index (χ3n) is 2.50. The summed E-state index contributed by atoms with van der Waals surface area (Å²) in [6.45, 7) is 4.81. The van der Waals surface area contributed by atoms with Crippen LogP contribution in [0, 0.1) is 0 Å². The number of hydrogen-bond acceptors (Lipinski definition) is 3. The zero-order valence-electron chi connectivity index (χ0n) is 12.1. The third kappa shape index (κ3) is 6.36. The summed E-state index contributed by atoms with van der Waals surface area (Å²) in [6.07, 6.45) is 3.46. The van der Waals surface area contributed by atoms with Crippen molar-refractivity contribution in [3.63, 3.8) is 0 Å². The van der Waals surface area contributed by atoms with Crippen molar-refractivity contribution in [2.45, 2.75) is 20.3 Å². The molecule has 0 heterocycles. The van der Waals surface area contributed by atoms with Gasteiger partial charge in [0.25, 0.3) is 0 Å². The summed E-state index contributed by atoms with van der Waals surface area (Å²) in [5.41, 5.74) is 2.98. The quantitative estimate of drug-likeness (QED) is 0.735. The molecule has 1 rings (SSSR count). The first kappa shape index (κ1) is 17.1. The Labute approximate surface area is 129 Å². The second-order valence-electron chi connectivity index (χ2n) is 4.46. The Kier molecular flexibility index (Phi) is 7.40. The Morgan fingerprint density at radius 3 is 2.76 bits per heavy atom. The Morgan fingerprint density at radius 1 is 1.38 bits per heavy atom. The predicted molar refractivity (Wildman–Crippen MR) is 84.0 cm³/mol. The normalized spacial score (nSPS) is 11.7. The van der Waals surface area contributed by atoms with Gasteiger partial charge in [0.2, 0.25) is 0 Å². The van der Waals surface area contributed by atoms with E-state index in [9.17, 15) is 4.79 Å². The Bertz CT molecular complexity index is 535. The standard InChI is InChI=1S/C16H19ClO4/c1-3-8-20-14-6-4-13(5-7-16(18)19)15(9-14)21-11-12(2)10-17/h4-7,9-10H,3,8,11H2,1-2H3,(H,18,19)/b7-5+,12-10+. The van der Waals surface area contributed by atoms with Crippen molar-refractivity contribution >= 4 is 23.6 Å². The Balaban J connectivity index is 2.96. The van der Waals surface area contributed by atoms with Crippen molar-refractivity contribution in [2.24, 2.45) is 0 Å². The van der Waals surface area contributed by atoms with Gasteiger partial charge in [-0.15, -0.1) is 0 Å². The molecular weight excluding hydrogens is 292 g/mol. The van der Waals surface area contributed by atoms with Crippen LogP contribution in [0.5, 0.6) is 11.5 Å². The van der Waals surface area contributed by atoms with Crippen LogP contribution in [0.15, 0.2) is 35.4 Å². The van der Waals surface area contributed by atoms with E-state index in [4.69, 9.17) is 26.2 Å². The molecule has 0 fully saturated rings. The molecule has 0 spiro atoms. The van der Waals surface area contributed by atoms with Gasteiger partial charge >= 0.3 is 5.97 Å². The lowest BCUT2D eigenvalue weighted by Crippen LogP contribution is -2.01. The number of halogens is 1. The van der Waals surface area contributed by atoms with Gasteiger partial charge in [-0.2, -0.15) is 0 Å². The average Bonchev–Trinajstić information content (AvgIpc) is 2.49. The zero-order valence-corrected chi connectivity index (χ0v) is 12.9. The summed E-state index contributed by atoms with van der Waals surface area (Å²) in [6, 6.07) is 5.30. The third-order valence-corrected chi connectivity index (χ3v) is 2.88. The number of benzene rings is 1. The molecule has 0 aliphatic carbocycles. The monoisotopic (exact) mass is 310 g/mol. The highest BCUT2D eigenvalue weighted by atomic mass is 35.5. The Morgan fingerprint density at radius 2 is 2.14 bits per heavy atom. The van der Waals surface area contributed by atoms with Gasteiger partial charge < -0.3 is 14.6 Å². The first-order chi connectivity index (χ1) is 10.1. The van der Waals surface area contributed by atoms with E-state index in [0.717, 1.165) is 18.1 Å². The molecular formula is C16H19ClO4. The number of carbonyl (C=O) groups is 1. The molecule has 0 aliphatic rings. The van der Waals surface area contributed by atoms with Crippen molar-refractivity contribution in [3.05, 3.63) is 40.9 Å². The maximum absolute atomic E-state index is 10.6. The number of carboxylic acids is 1. The van der Waals surface area contributed by atoms with Crippen LogP contribution in [-0.4, -0.2) is 24.3 Å². The minimum Gasteiger partial charge on any atom is -0.493 e. The van der Waals surface area contributed by atoms with Gasteiger partial charge in [-0.25, -0.2) is 4.79 Å². The summed E-state index contributed by atoms with van der Waals surface area (Å²) in [4.78, 5) is 10.6. The molecule has 4 nitrogen and oxygen atoms in total. The van der Waals surface area contributed by atoms with Gasteiger partial charge in [0.05, 0.1) is 6.61 Å². The van der Waals surface area contributed by atoms with Gasteiger partial charge in [-0.3, -0.25) is 0 Å². The van der Waals surface area contributed by atoms with Crippen LogP contribution in [0.1, 0.15) is 25.8 Å². The fourth-order valence-electron chi connectivity index (χ4n) is 1.47. The van der Waals surface area contributed by atoms with Gasteiger partial charge in [0, 0.05) is 23.2 Å². The van der Waals surface area contributed by atoms with Gasteiger partial charge in [-0.1, -0.05) is 18.5 Å². The molecule has 0 saturated carbocycles. The number of hydrogen-bond donors (Lipinski definition) is 1. The largest absolute Gasteiger partial charge is 0.493 e. The van der Waals surface area contributed by atoms with E-state index in [1.165, 1.54) is 11.6 Å². The van der Waals surface area contributed by atoms with E-state index < -0.39 is 5.97 Å². The van der Waals surface area contributed by atoms with Gasteiger partial charge in [0.1, 0.15) is 18.1 Å². The molecule has 0 amide bonds. The van der Waals surface area contributed by atoms with E-state index in [2.05, 4.69) is 0 Å². The van der Waals surface area contributed by atoms with Crippen molar-refractivity contribution in [3.8, 4) is 11.5 Å². The lowest BCUT2D eigenvalue weighted by atomic mass is 10.1. The molecule has 0 saturated heterocycles. The van der Waals surface area contributed by atoms with Crippen molar-refractivity contribution in [2.75, 3.05) is 13.2 Å². The number of rotatable bonds is 8. The van der Waals surface area contributed by atoms with E-state index in [1.807, 2.05) is 13.8 Å². The van der Waals surface area contributed by atoms with Crippen LogP contribution < -0.4 is 9.47 Å². The fourth-order valence-corrected chi connectivity index (χ4v) is 1.53. The lowest BCUT2D eigenvalue weighted by Gasteiger charge is -2.12. The molecule has 0 radical (unpaired) electrons. The molecule has 5 heteroatoms. The summed E-state index contributed by atoms with van der Waals surface area (Å²) in [7, 11) is 0. The topological polar surface area (TPSA) is 55.8 Å². The van der Waals surface area contributed by atoms with Crippen LogP contribution in [0.25, 0.3) is 6.08 Å². The number of carboxylic acid groups (broad SMARTS) is 1. The van der Waals surface area contributed by atoms with Crippen LogP contribution in [-0.2, 0) is 4.79 Å². The lowest BCUT2D eigenvalue weighted by molar-refractivity contribution is -0.131. The molecule has 1 aromatic rings. The van der Waals surface area contributed by atoms with Gasteiger partial charge in [-0.05, 0) is 37.1 Å². The molecule has 21 heavy (non-hydrogen) atoms. The first-order valence-electron chi connectivity index (χ1n) is 6.63. The van der Waals surface area contributed by atoms with Crippen LogP contribution in [0.4, 0.5) is 0 Å². The van der Waals surface area contributed by atoms with Crippen molar-refractivity contribution in [1.82, 2.24) is 0 Å². The summed E-state index contributed by atoms with van der Waals surface area (Å²) < 4.78 is 11.2. The van der Waals surface area contributed by atoms with Crippen LogP contribution in [0.3, 0.4) is 0 Å². The average molecular weight is 311 g/mol. The van der Waals surface area contributed by atoms with E-state index in [-0.39, 0.29) is 0 Å². The minimum atomic E-state index is -1.01. The van der Waals surface area contributed by atoms with E-state index in [1.54, 1.807) is 18.2 Å². The summed E-state index contributed by atoms with van der Waals surface area (Å²) in [5, 5.41) is 8.71. The molecule has 0 bridgehead atoms. The molecule has 1 N–H and O–H groups in total. The molecule has 0 aliphatic heterocycles. The molecule has 114 valence electrons.